The maximum atomic E-state index is 2.53. The predicted octanol–water partition coefficient (Wildman–Crippen LogP) is 6.59. The lowest BCUT2D eigenvalue weighted by atomic mass is 9.67. The van der Waals surface area contributed by atoms with E-state index in [1.54, 1.807) is 0 Å². The van der Waals surface area contributed by atoms with Crippen molar-refractivity contribution in [2.75, 3.05) is 0 Å². The third-order valence-corrected chi connectivity index (χ3v) is 5.37. The Kier molecular flexibility index (Phi) is 5.32. The second-order valence-electron chi connectivity index (χ2n) is 8.73. The Labute approximate surface area is 116 Å². The standard InChI is InChI=1S/C18H36/c1-7-18(6)12-10-8-9-11-16(2,3)13-14-17(4,5)15-18/h7-15H2,1-6H3. The molecule has 1 aliphatic carbocycles. The third-order valence-electron chi connectivity index (χ3n) is 5.37. The molecule has 0 N–H and O–H groups in total. The van der Waals surface area contributed by atoms with Gasteiger partial charge in [-0.2, -0.15) is 0 Å². The Morgan fingerprint density at radius 1 is 0.667 bits per heavy atom. The topological polar surface area (TPSA) is 0 Å². The third kappa shape index (κ3) is 5.33. The number of hydrogen-bond acceptors (Lipinski definition) is 0. The molecule has 0 spiro atoms. The molecule has 0 nitrogen and oxygen atoms in total. The van der Waals surface area contributed by atoms with Crippen molar-refractivity contribution in [3.8, 4) is 0 Å². The summed E-state index contributed by atoms with van der Waals surface area (Å²) in [6.45, 7) is 14.8. The highest BCUT2D eigenvalue weighted by molar-refractivity contribution is 4.84. The van der Waals surface area contributed by atoms with Gasteiger partial charge in [0, 0.05) is 0 Å². The average Bonchev–Trinajstić information content (AvgIpc) is 2.26. The van der Waals surface area contributed by atoms with Crippen molar-refractivity contribution < 1.29 is 0 Å². The summed E-state index contributed by atoms with van der Waals surface area (Å²) in [5.74, 6) is 0. The Hall–Kier alpha value is 0. The van der Waals surface area contributed by atoms with Crippen LogP contribution < -0.4 is 0 Å². The molecule has 1 atom stereocenters. The summed E-state index contributed by atoms with van der Waals surface area (Å²) in [5.41, 5.74) is 1.66. The van der Waals surface area contributed by atoms with Crippen LogP contribution >= 0.6 is 0 Å². The second-order valence-corrected chi connectivity index (χ2v) is 8.73. The molecule has 0 radical (unpaired) electrons. The van der Waals surface area contributed by atoms with Crippen LogP contribution in [0, 0.1) is 16.2 Å². The van der Waals surface area contributed by atoms with Gasteiger partial charge in [0.05, 0.1) is 0 Å². The fraction of sp³-hybridized carbons (Fsp3) is 1.00. The normalized spacial score (nSPS) is 33.7. The number of rotatable bonds is 1. The first kappa shape index (κ1) is 16.1. The van der Waals surface area contributed by atoms with E-state index in [2.05, 4.69) is 41.5 Å². The first-order valence-electron chi connectivity index (χ1n) is 8.18. The van der Waals surface area contributed by atoms with E-state index in [0.29, 0.717) is 16.2 Å². The highest BCUT2D eigenvalue weighted by Crippen LogP contribution is 2.45. The molecule has 1 fully saturated rings. The maximum absolute atomic E-state index is 2.53. The van der Waals surface area contributed by atoms with Crippen molar-refractivity contribution in [2.24, 2.45) is 16.2 Å². The van der Waals surface area contributed by atoms with Crippen LogP contribution in [0.25, 0.3) is 0 Å². The van der Waals surface area contributed by atoms with Crippen LogP contribution in [-0.4, -0.2) is 0 Å². The summed E-state index contributed by atoms with van der Waals surface area (Å²) >= 11 is 0. The van der Waals surface area contributed by atoms with Gasteiger partial charge >= 0.3 is 0 Å². The van der Waals surface area contributed by atoms with Crippen molar-refractivity contribution in [3.63, 3.8) is 0 Å². The van der Waals surface area contributed by atoms with Gasteiger partial charge < -0.3 is 0 Å². The first-order chi connectivity index (χ1) is 8.18. The Morgan fingerprint density at radius 2 is 1.22 bits per heavy atom. The summed E-state index contributed by atoms with van der Waals surface area (Å²) in [6, 6.07) is 0. The lowest BCUT2D eigenvalue weighted by molar-refractivity contribution is 0.132. The average molecular weight is 252 g/mol. The van der Waals surface area contributed by atoms with E-state index in [1.807, 2.05) is 0 Å². The molecule has 0 aromatic rings. The summed E-state index contributed by atoms with van der Waals surface area (Å²) in [6.07, 6.45) is 12.7. The molecule has 108 valence electrons. The van der Waals surface area contributed by atoms with Crippen LogP contribution in [0.15, 0.2) is 0 Å². The lowest BCUT2D eigenvalue weighted by Gasteiger charge is -2.38. The monoisotopic (exact) mass is 252 g/mol. The predicted molar refractivity (Wildman–Crippen MR) is 82.9 cm³/mol. The zero-order valence-electron chi connectivity index (χ0n) is 13.9. The minimum Gasteiger partial charge on any atom is -0.0649 e. The fourth-order valence-electron chi connectivity index (χ4n) is 3.77. The lowest BCUT2D eigenvalue weighted by Crippen LogP contribution is -2.26. The van der Waals surface area contributed by atoms with Crippen molar-refractivity contribution in [1.82, 2.24) is 0 Å². The SMILES string of the molecule is CCC1(C)CCCCCC(C)(C)CCC(C)(C)C1. The van der Waals surface area contributed by atoms with E-state index in [-0.39, 0.29) is 0 Å². The van der Waals surface area contributed by atoms with Crippen LogP contribution in [0.5, 0.6) is 0 Å². The van der Waals surface area contributed by atoms with Crippen LogP contribution in [0.2, 0.25) is 0 Å². The molecule has 0 amide bonds. The second kappa shape index (κ2) is 5.97. The minimum absolute atomic E-state index is 0.520. The van der Waals surface area contributed by atoms with Crippen LogP contribution in [0.1, 0.15) is 99.3 Å². The summed E-state index contributed by atoms with van der Waals surface area (Å²) < 4.78 is 0. The molecule has 1 saturated carbocycles. The van der Waals surface area contributed by atoms with Gasteiger partial charge in [-0.1, -0.05) is 67.2 Å². The molecule has 1 aliphatic rings. The zero-order chi connectivity index (χ0) is 13.9. The van der Waals surface area contributed by atoms with Crippen molar-refractivity contribution in [3.05, 3.63) is 0 Å². The Balaban J connectivity index is 2.76. The van der Waals surface area contributed by atoms with E-state index < -0.39 is 0 Å². The van der Waals surface area contributed by atoms with Crippen LogP contribution in [-0.2, 0) is 0 Å². The first-order valence-corrected chi connectivity index (χ1v) is 8.18. The molecule has 0 aromatic carbocycles. The molecule has 1 unspecified atom stereocenters. The summed E-state index contributed by atoms with van der Waals surface area (Å²) in [4.78, 5) is 0. The molecular weight excluding hydrogens is 216 g/mol. The van der Waals surface area contributed by atoms with Gasteiger partial charge in [-0.3, -0.25) is 0 Å². The largest absolute Gasteiger partial charge is 0.0649 e. The van der Waals surface area contributed by atoms with Gasteiger partial charge in [-0.05, 0) is 48.3 Å². The fourth-order valence-corrected chi connectivity index (χ4v) is 3.77. The highest BCUT2D eigenvalue weighted by Gasteiger charge is 2.32. The van der Waals surface area contributed by atoms with E-state index in [4.69, 9.17) is 0 Å². The highest BCUT2D eigenvalue weighted by atomic mass is 14.4. The van der Waals surface area contributed by atoms with Gasteiger partial charge in [0.25, 0.3) is 0 Å². The molecule has 0 aromatic heterocycles. The smallest absolute Gasteiger partial charge is 0.0323 e. The molecule has 0 bridgehead atoms. The number of hydrogen-bond donors (Lipinski definition) is 0. The van der Waals surface area contributed by atoms with Crippen LogP contribution in [0.3, 0.4) is 0 Å². The summed E-state index contributed by atoms with van der Waals surface area (Å²) in [7, 11) is 0. The van der Waals surface area contributed by atoms with E-state index in [9.17, 15) is 0 Å². The Morgan fingerprint density at radius 3 is 1.83 bits per heavy atom. The van der Waals surface area contributed by atoms with Crippen molar-refractivity contribution >= 4 is 0 Å². The molecule has 0 aliphatic heterocycles. The molecule has 0 heteroatoms. The molecule has 1 rings (SSSR count). The van der Waals surface area contributed by atoms with Crippen molar-refractivity contribution in [2.45, 2.75) is 99.3 Å². The van der Waals surface area contributed by atoms with Gasteiger partial charge in [0.1, 0.15) is 0 Å². The molecular formula is C18H36. The van der Waals surface area contributed by atoms with Gasteiger partial charge in [-0.25, -0.2) is 0 Å². The molecule has 0 heterocycles. The van der Waals surface area contributed by atoms with Crippen molar-refractivity contribution in [1.29, 1.82) is 0 Å². The van der Waals surface area contributed by atoms with Gasteiger partial charge in [0.15, 0.2) is 0 Å². The van der Waals surface area contributed by atoms with Gasteiger partial charge in [0.2, 0.25) is 0 Å². The summed E-state index contributed by atoms with van der Waals surface area (Å²) in [5, 5.41) is 0. The quantitative estimate of drug-likeness (QED) is 0.494. The van der Waals surface area contributed by atoms with Gasteiger partial charge in [-0.15, -0.1) is 0 Å². The zero-order valence-corrected chi connectivity index (χ0v) is 13.9. The minimum atomic E-state index is 0.520. The maximum Gasteiger partial charge on any atom is -0.0323 e. The van der Waals surface area contributed by atoms with E-state index >= 15 is 0 Å². The molecule has 18 heavy (non-hydrogen) atoms. The molecule has 0 saturated heterocycles. The Bertz CT molecular complexity index is 249. The van der Waals surface area contributed by atoms with Crippen LogP contribution in [0.4, 0.5) is 0 Å². The van der Waals surface area contributed by atoms with E-state index in [1.165, 1.54) is 57.8 Å². The van der Waals surface area contributed by atoms with E-state index in [0.717, 1.165) is 0 Å².